The number of carbonyl (C=O) groups excluding carboxylic acids is 1. The van der Waals surface area contributed by atoms with Gasteiger partial charge in [0.25, 0.3) is 5.91 Å². The summed E-state index contributed by atoms with van der Waals surface area (Å²) in [5.41, 5.74) is 2.93. The number of benzene rings is 1. The molecule has 3 aromatic rings. The SMILES string of the molecule is CC1CN(Cc2ccc(C(=O)N3CCN(c4nc5cccnc5s4)CC3)cc2)CC(C)O1. The van der Waals surface area contributed by atoms with Crippen LogP contribution in [0, 0.1) is 0 Å². The van der Waals surface area contributed by atoms with Gasteiger partial charge in [-0.1, -0.05) is 23.5 Å². The van der Waals surface area contributed by atoms with Crippen molar-refractivity contribution < 1.29 is 9.53 Å². The molecule has 0 radical (unpaired) electrons. The molecular weight excluding hydrogens is 422 g/mol. The van der Waals surface area contributed by atoms with E-state index in [-0.39, 0.29) is 18.1 Å². The van der Waals surface area contributed by atoms with E-state index in [9.17, 15) is 4.79 Å². The molecule has 2 aromatic heterocycles. The molecule has 168 valence electrons. The smallest absolute Gasteiger partial charge is 0.253 e. The largest absolute Gasteiger partial charge is 0.373 e. The van der Waals surface area contributed by atoms with Crippen LogP contribution in [0.4, 0.5) is 5.13 Å². The fourth-order valence-corrected chi connectivity index (χ4v) is 5.56. The summed E-state index contributed by atoms with van der Waals surface area (Å²) in [6, 6.07) is 12.0. The lowest BCUT2D eigenvalue weighted by molar-refractivity contribution is -0.0704. The number of rotatable bonds is 4. The monoisotopic (exact) mass is 451 g/mol. The summed E-state index contributed by atoms with van der Waals surface area (Å²) in [6.45, 7) is 10.0. The number of anilines is 1. The van der Waals surface area contributed by atoms with Crippen LogP contribution < -0.4 is 4.90 Å². The van der Waals surface area contributed by atoms with E-state index in [1.54, 1.807) is 17.5 Å². The topological polar surface area (TPSA) is 61.8 Å². The molecule has 1 amide bonds. The zero-order valence-electron chi connectivity index (χ0n) is 18.6. The number of thiazole rings is 1. The van der Waals surface area contributed by atoms with Gasteiger partial charge in [0.2, 0.25) is 0 Å². The normalized spacial score (nSPS) is 22.4. The van der Waals surface area contributed by atoms with Crippen LogP contribution in [0.5, 0.6) is 0 Å². The van der Waals surface area contributed by atoms with Crippen LogP contribution in [-0.4, -0.2) is 77.2 Å². The highest BCUT2D eigenvalue weighted by molar-refractivity contribution is 7.21. The standard InChI is InChI=1S/C24H29N5O2S/c1-17-14-27(15-18(2)31-17)16-19-5-7-20(8-6-19)23(30)28-10-12-29(13-11-28)24-26-21-4-3-9-25-22(21)32-24/h3-9,17-18H,10-16H2,1-2H3. The first-order valence-electron chi connectivity index (χ1n) is 11.3. The van der Waals surface area contributed by atoms with Gasteiger partial charge in [-0.15, -0.1) is 0 Å². The first-order chi connectivity index (χ1) is 15.5. The predicted molar refractivity (Wildman–Crippen MR) is 127 cm³/mol. The Hall–Kier alpha value is -2.55. The number of aromatic nitrogens is 2. The summed E-state index contributed by atoms with van der Waals surface area (Å²) in [7, 11) is 0. The van der Waals surface area contributed by atoms with E-state index in [1.807, 2.05) is 29.2 Å². The maximum Gasteiger partial charge on any atom is 0.253 e. The summed E-state index contributed by atoms with van der Waals surface area (Å²) in [4.78, 5) is 29.7. The van der Waals surface area contributed by atoms with E-state index in [2.05, 4.69) is 40.8 Å². The van der Waals surface area contributed by atoms with E-state index < -0.39 is 0 Å². The summed E-state index contributed by atoms with van der Waals surface area (Å²) >= 11 is 1.61. The van der Waals surface area contributed by atoms with Crippen molar-refractivity contribution in [2.75, 3.05) is 44.2 Å². The molecule has 7 nitrogen and oxygen atoms in total. The third kappa shape index (κ3) is 4.62. The number of ether oxygens (including phenoxy) is 1. The van der Waals surface area contributed by atoms with Crippen LogP contribution in [-0.2, 0) is 11.3 Å². The lowest BCUT2D eigenvalue weighted by Crippen LogP contribution is -2.48. The fourth-order valence-electron chi connectivity index (χ4n) is 4.60. The number of nitrogens with zero attached hydrogens (tertiary/aromatic N) is 5. The second-order valence-corrected chi connectivity index (χ2v) is 9.71. The van der Waals surface area contributed by atoms with E-state index in [4.69, 9.17) is 9.72 Å². The molecule has 8 heteroatoms. The molecule has 5 rings (SSSR count). The van der Waals surface area contributed by atoms with Gasteiger partial charge in [0.1, 0.15) is 10.3 Å². The van der Waals surface area contributed by atoms with Crippen molar-refractivity contribution in [3.05, 3.63) is 53.7 Å². The van der Waals surface area contributed by atoms with Crippen molar-refractivity contribution >= 4 is 32.7 Å². The van der Waals surface area contributed by atoms with Crippen molar-refractivity contribution in [2.24, 2.45) is 0 Å². The lowest BCUT2D eigenvalue weighted by Gasteiger charge is -2.35. The Labute approximate surface area is 192 Å². The molecule has 0 N–H and O–H groups in total. The van der Waals surface area contributed by atoms with Crippen LogP contribution >= 0.6 is 11.3 Å². The van der Waals surface area contributed by atoms with E-state index in [1.165, 1.54) is 5.56 Å². The Bertz CT molecular complexity index is 1030. The quantitative estimate of drug-likeness (QED) is 0.607. The molecule has 2 aliphatic heterocycles. The molecule has 0 saturated carbocycles. The highest BCUT2D eigenvalue weighted by Crippen LogP contribution is 2.28. The lowest BCUT2D eigenvalue weighted by atomic mass is 10.1. The van der Waals surface area contributed by atoms with Gasteiger partial charge in [0.05, 0.1) is 12.2 Å². The van der Waals surface area contributed by atoms with Crippen molar-refractivity contribution in [1.82, 2.24) is 19.8 Å². The molecule has 2 fully saturated rings. The minimum atomic E-state index is 0.107. The first kappa shape index (κ1) is 21.3. The van der Waals surface area contributed by atoms with Gasteiger partial charge in [-0.25, -0.2) is 9.97 Å². The first-order valence-corrected chi connectivity index (χ1v) is 12.1. The predicted octanol–water partition coefficient (Wildman–Crippen LogP) is 3.26. The minimum absolute atomic E-state index is 0.107. The van der Waals surface area contributed by atoms with Gasteiger partial charge in [-0.3, -0.25) is 9.69 Å². The van der Waals surface area contributed by atoms with Crippen molar-refractivity contribution in [1.29, 1.82) is 0 Å². The van der Waals surface area contributed by atoms with Crippen molar-refractivity contribution in [2.45, 2.75) is 32.6 Å². The maximum atomic E-state index is 13.0. The van der Waals surface area contributed by atoms with E-state index in [0.29, 0.717) is 13.1 Å². The van der Waals surface area contributed by atoms with Crippen LogP contribution in [0.1, 0.15) is 29.8 Å². The zero-order chi connectivity index (χ0) is 22.1. The molecule has 0 spiro atoms. The van der Waals surface area contributed by atoms with Gasteiger partial charge in [0.15, 0.2) is 5.13 Å². The molecule has 4 heterocycles. The Morgan fingerprint density at radius 1 is 1.06 bits per heavy atom. The van der Waals surface area contributed by atoms with Gasteiger partial charge in [0, 0.05) is 57.6 Å². The van der Waals surface area contributed by atoms with Crippen LogP contribution in [0.3, 0.4) is 0 Å². The second-order valence-electron chi connectivity index (χ2n) is 8.75. The molecular formula is C24H29N5O2S. The van der Waals surface area contributed by atoms with E-state index >= 15 is 0 Å². The number of piperazine rings is 1. The molecule has 2 saturated heterocycles. The average molecular weight is 452 g/mol. The van der Waals surface area contributed by atoms with Gasteiger partial charge in [-0.05, 0) is 43.7 Å². The molecule has 2 aliphatic rings. The molecule has 0 aliphatic carbocycles. The second kappa shape index (κ2) is 9.13. The Kier molecular flexibility index (Phi) is 6.08. The maximum absolute atomic E-state index is 13.0. The van der Waals surface area contributed by atoms with Gasteiger partial charge >= 0.3 is 0 Å². The highest BCUT2D eigenvalue weighted by Gasteiger charge is 2.25. The van der Waals surface area contributed by atoms with E-state index in [0.717, 1.165) is 53.8 Å². The average Bonchev–Trinajstić information content (AvgIpc) is 3.23. The minimum Gasteiger partial charge on any atom is -0.373 e. The number of hydrogen-bond acceptors (Lipinski definition) is 7. The fraction of sp³-hybridized carbons (Fsp3) is 0.458. The number of pyridine rings is 1. The third-order valence-corrected chi connectivity index (χ3v) is 7.13. The molecule has 2 atom stereocenters. The van der Waals surface area contributed by atoms with Crippen molar-refractivity contribution in [3.8, 4) is 0 Å². The van der Waals surface area contributed by atoms with Gasteiger partial charge in [-0.2, -0.15) is 0 Å². The number of amides is 1. The summed E-state index contributed by atoms with van der Waals surface area (Å²) in [6.07, 6.45) is 2.32. The van der Waals surface area contributed by atoms with Gasteiger partial charge < -0.3 is 14.5 Å². The van der Waals surface area contributed by atoms with Crippen LogP contribution in [0.15, 0.2) is 42.6 Å². The Morgan fingerprint density at radius 2 is 1.78 bits per heavy atom. The number of hydrogen-bond donors (Lipinski definition) is 0. The van der Waals surface area contributed by atoms with Crippen LogP contribution in [0.2, 0.25) is 0 Å². The third-order valence-electron chi connectivity index (χ3n) is 6.09. The van der Waals surface area contributed by atoms with Crippen molar-refractivity contribution in [3.63, 3.8) is 0 Å². The van der Waals surface area contributed by atoms with Crippen LogP contribution in [0.25, 0.3) is 10.3 Å². The summed E-state index contributed by atoms with van der Waals surface area (Å²) < 4.78 is 5.82. The summed E-state index contributed by atoms with van der Waals surface area (Å²) in [5.74, 6) is 0.107. The number of morpholine rings is 1. The number of fused-ring (bicyclic) bond motifs is 1. The molecule has 0 bridgehead atoms. The zero-order valence-corrected chi connectivity index (χ0v) is 19.4. The number of carbonyl (C=O) groups is 1. The highest BCUT2D eigenvalue weighted by atomic mass is 32.1. The molecule has 32 heavy (non-hydrogen) atoms. The molecule has 2 unspecified atom stereocenters. The molecule has 1 aromatic carbocycles. The summed E-state index contributed by atoms with van der Waals surface area (Å²) in [5, 5.41) is 0.988. The Balaban J connectivity index is 1.17. The Morgan fingerprint density at radius 3 is 2.47 bits per heavy atom.